The standard InChI is InChI=1S/C27H32N4O4S/c32-26-18-24(27(33)28-12-6-13-30-16-11-20-7-2-3-8-21(20)19-30)23-17-22(9-10-25(23)29-26)36(34,35)31-14-4-1-5-15-31/h2-3,7-10,17-18H,1,4-6,11-16,19H2,(H,28,33)(H,29,32). The van der Waals surface area contributed by atoms with Gasteiger partial charge in [0.1, 0.15) is 0 Å². The highest BCUT2D eigenvalue weighted by molar-refractivity contribution is 7.89. The Morgan fingerprint density at radius 1 is 0.972 bits per heavy atom. The number of hydrogen-bond donors (Lipinski definition) is 2. The van der Waals surface area contributed by atoms with Crippen molar-refractivity contribution in [1.82, 2.24) is 19.5 Å². The molecule has 0 aliphatic carbocycles. The maximum atomic E-state index is 13.2. The highest BCUT2D eigenvalue weighted by atomic mass is 32.2. The lowest BCUT2D eigenvalue weighted by Gasteiger charge is -2.28. The molecule has 0 unspecified atom stereocenters. The van der Waals surface area contributed by atoms with Crippen LogP contribution in [0.2, 0.25) is 0 Å². The summed E-state index contributed by atoms with van der Waals surface area (Å²) in [6.45, 7) is 4.25. The molecule has 2 aromatic carbocycles. The third-order valence-electron chi connectivity index (χ3n) is 7.16. The Hall–Kier alpha value is -3.01. The van der Waals surface area contributed by atoms with Gasteiger partial charge >= 0.3 is 0 Å². The fraction of sp³-hybridized carbons (Fsp3) is 0.407. The average Bonchev–Trinajstić information content (AvgIpc) is 2.90. The number of pyridine rings is 1. The van der Waals surface area contributed by atoms with Crippen molar-refractivity contribution < 1.29 is 13.2 Å². The van der Waals surface area contributed by atoms with Crippen LogP contribution in [0, 0.1) is 0 Å². The Labute approximate surface area is 211 Å². The van der Waals surface area contributed by atoms with Crippen molar-refractivity contribution in [1.29, 1.82) is 0 Å². The van der Waals surface area contributed by atoms with Gasteiger partial charge in [0.25, 0.3) is 5.91 Å². The number of rotatable bonds is 7. The van der Waals surface area contributed by atoms with Crippen molar-refractivity contribution in [2.75, 3.05) is 32.7 Å². The molecule has 0 spiro atoms. The Balaban J connectivity index is 1.27. The van der Waals surface area contributed by atoms with Crippen LogP contribution in [0.4, 0.5) is 0 Å². The zero-order chi connectivity index (χ0) is 25.1. The van der Waals surface area contributed by atoms with Crippen molar-refractivity contribution >= 4 is 26.8 Å². The topological polar surface area (TPSA) is 103 Å². The zero-order valence-electron chi connectivity index (χ0n) is 20.3. The number of carbonyl (C=O) groups excluding carboxylic acids is 1. The van der Waals surface area contributed by atoms with Crippen LogP contribution >= 0.6 is 0 Å². The van der Waals surface area contributed by atoms with Crippen LogP contribution in [-0.4, -0.2) is 61.2 Å². The predicted molar refractivity (Wildman–Crippen MR) is 140 cm³/mol. The second-order valence-corrected chi connectivity index (χ2v) is 11.6. The number of nitrogens with one attached hydrogen (secondary N) is 2. The Morgan fingerprint density at radius 2 is 1.75 bits per heavy atom. The SMILES string of the molecule is O=C(NCCCN1CCc2ccccc2C1)c1cc(=O)[nH]c2ccc(S(=O)(=O)N3CCCCC3)cc12. The van der Waals surface area contributed by atoms with Gasteiger partial charge in [-0.1, -0.05) is 30.7 Å². The van der Waals surface area contributed by atoms with Crippen molar-refractivity contribution in [3.8, 4) is 0 Å². The maximum absolute atomic E-state index is 13.2. The lowest BCUT2D eigenvalue weighted by molar-refractivity contribution is 0.0952. The van der Waals surface area contributed by atoms with E-state index in [0.717, 1.165) is 51.7 Å². The van der Waals surface area contributed by atoms with Gasteiger partial charge in [-0.25, -0.2) is 8.42 Å². The molecule has 0 bridgehead atoms. The quantitative estimate of drug-likeness (QED) is 0.478. The molecule has 3 aromatic rings. The van der Waals surface area contributed by atoms with Crippen molar-refractivity contribution in [3.05, 3.63) is 75.6 Å². The smallest absolute Gasteiger partial charge is 0.252 e. The number of aromatic amines is 1. The first-order chi connectivity index (χ1) is 17.4. The third-order valence-corrected chi connectivity index (χ3v) is 9.05. The van der Waals surface area contributed by atoms with E-state index in [2.05, 4.69) is 39.5 Å². The molecule has 0 atom stereocenters. The summed E-state index contributed by atoms with van der Waals surface area (Å²) < 4.78 is 27.8. The predicted octanol–water partition coefficient (Wildman–Crippen LogP) is 2.88. The number of hydrogen-bond acceptors (Lipinski definition) is 5. The molecule has 1 fully saturated rings. The number of piperidine rings is 1. The summed E-state index contributed by atoms with van der Waals surface area (Å²) in [6.07, 6.45) is 4.53. The highest BCUT2D eigenvalue weighted by Gasteiger charge is 2.26. The molecular weight excluding hydrogens is 476 g/mol. The second-order valence-electron chi connectivity index (χ2n) is 9.62. The molecule has 2 N–H and O–H groups in total. The van der Waals surface area contributed by atoms with Crippen LogP contribution in [-0.2, 0) is 23.0 Å². The van der Waals surface area contributed by atoms with Gasteiger partial charge in [0, 0.05) is 56.2 Å². The molecule has 8 nitrogen and oxygen atoms in total. The van der Waals surface area contributed by atoms with Crippen LogP contribution in [0.25, 0.3) is 10.9 Å². The van der Waals surface area contributed by atoms with Crippen LogP contribution in [0.15, 0.2) is 58.2 Å². The van der Waals surface area contributed by atoms with Crippen LogP contribution < -0.4 is 10.9 Å². The fourth-order valence-corrected chi connectivity index (χ4v) is 6.72. The number of amides is 1. The molecule has 5 rings (SSSR count). The van der Waals surface area contributed by atoms with Gasteiger partial charge in [-0.2, -0.15) is 4.31 Å². The summed E-state index contributed by atoms with van der Waals surface area (Å²) in [5.41, 5.74) is 3.00. The lowest BCUT2D eigenvalue weighted by atomic mass is 10.00. The van der Waals surface area contributed by atoms with E-state index in [1.165, 1.54) is 33.6 Å². The second kappa shape index (κ2) is 10.5. The molecule has 0 saturated carbocycles. The Morgan fingerprint density at radius 3 is 2.56 bits per heavy atom. The molecule has 2 aliphatic rings. The van der Waals surface area contributed by atoms with Gasteiger partial charge in [-0.05, 0) is 55.0 Å². The molecule has 1 amide bonds. The van der Waals surface area contributed by atoms with Crippen LogP contribution in [0.5, 0.6) is 0 Å². The summed E-state index contributed by atoms with van der Waals surface area (Å²) in [5, 5.41) is 3.35. The Bertz CT molecular complexity index is 1430. The van der Waals surface area contributed by atoms with E-state index in [0.29, 0.717) is 30.5 Å². The van der Waals surface area contributed by atoms with E-state index < -0.39 is 15.6 Å². The third kappa shape index (κ3) is 5.23. The summed E-state index contributed by atoms with van der Waals surface area (Å²) in [6, 6.07) is 14.3. The molecule has 1 saturated heterocycles. The van der Waals surface area contributed by atoms with Gasteiger partial charge in [-0.3, -0.25) is 14.5 Å². The summed E-state index contributed by atoms with van der Waals surface area (Å²) >= 11 is 0. The minimum atomic E-state index is -3.66. The Kier molecular flexibility index (Phi) is 7.22. The van der Waals surface area contributed by atoms with Crippen LogP contribution in [0.3, 0.4) is 0 Å². The fourth-order valence-electron chi connectivity index (χ4n) is 5.18. The molecular formula is C27H32N4O4S. The van der Waals surface area contributed by atoms with Gasteiger partial charge in [-0.15, -0.1) is 0 Å². The van der Waals surface area contributed by atoms with Crippen molar-refractivity contribution in [3.63, 3.8) is 0 Å². The first-order valence-corrected chi connectivity index (χ1v) is 14.1. The molecule has 1 aromatic heterocycles. The van der Waals surface area contributed by atoms with Crippen molar-refractivity contribution in [2.24, 2.45) is 0 Å². The summed E-state index contributed by atoms with van der Waals surface area (Å²) in [4.78, 5) is 30.5. The first kappa shape index (κ1) is 24.7. The number of carbonyl (C=O) groups is 1. The molecule has 190 valence electrons. The van der Waals surface area contributed by atoms with E-state index in [4.69, 9.17) is 0 Å². The van der Waals surface area contributed by atoms with Gasteiger partial charge < -0.3 is 10.3 Å². The van der Waals surface area contributed by atoms with Gasteiger partial charge in [0.2, 0.25) is 15.6 Å². The number of sulfonamides is 1. The highest BCUT2D eigenvalue weighted by Crippen LogP contribution is 2.25. The number of aromatic nitrogens is 1. The molecule has 2 aliphatic heterocycles. The minimum Gasteiger partial charge on any atom is -0.352 e. The maximum Gasteiger partial charge on any atom is 0.252 e. The number of nitrogens with zero attached hydrogens (tertiary/aromatic N) is 2. The summed E-state index contributed by atoms with van der Waals surface area (Å²) in [5.74, 6) is -0.373. The van der Waals surface area contributed by atoms with Gasteiger partial charge in [0.05, 0.1) is 10.5 Å². The van der Waals surface area contributed by atoms with E-state index in [1.807, 2.05) is 0 Å². The van der Waals surface area contributed by atoms with E-state index in [9.17, 15) is 18.0 Å². The molecule has 3 heterocycles. The summed E-state index contributed by atoms with van der Waals surface area (Å²) in [7, 11) is -3.66. The first-order valence-electron chi connectivity index (χ1n) is 12.7. The average molecular weight is 509 g/mol. The number of benzene rings is 2. The zero-order valence-corrected chi connectivity index (χ0v) is 21.1. The minimum absolute atomic E-state index is 0.142. The van der Waals surface area contributed by atoms with Crippen molar-refractivity contribution in [2.45, 2.75) is 43.5 Å². The van der Waals surface area contributed by atoms with E-state index in [-0.39, 0.29) is 16.4 Å². The van der Waals surface area contributed by atoms with Gasteiger partial charge in [0.15, 0.2) is 0 Å². The number of H-pyrrole nitrogens is 1. The molecule has 9 heteroatoms. The van der Waals surface area contributed by atoms with E-state index >= 15 is 0 Å². The largest absolute Gasteiger partial charge is 0.352 e. The van der Waals surface area contributed by atoms with E-state index in [1.54, 1.807) is 6.07 Å². The molecule has 0 radical (unpaired) electrons. The number of fused-ring (bicyclic) bond motifs is 2. The molecule has 36 heavy (non-hydrogen) atoms. The lowest BCUT2D eigenvalue weighted by Crippen LogP contribution is -2.35. The monoisotopic (exact) mass is 508 g/mol. The van der Waals surface area contributed by atoms with Crippen LogP contribution in [0.1, 0.15) is 47.2 Å². The normalized spacial score (nSPS) is 17.1.